The number of rotatable bonds is 10. The third-order valence-corrected chi connectivity index (χ3v) is 13.2. The fourth-order valence-corrected chi connectivity index (χ4v) is 9.14. The van der Waals surface area contributed by atoms with Crippen molar-refractivity contribution in [1.29, 1.82) is 0 Å². The lowest BCUT2D eigenvalue weighted by Crippen LogP contribution is -2.53. The van der Waals surface area contributed by atoms with E-state index in [-0.39, 0.29) is 41.1 Å². The van der Waals surface area contributed by atoms with Crippen molar-refractivity contribution in [3.8, 4) is 11.3 Å². The van der Waals surface area contributed by atoms with Crippen molar-refractivity contribution in [3.63, 3.8) is 0 Å². The Labute approximate surface area is 341 Å². The second-order valence-electron chi connectivity index (χ2n) is 17.2. The quantitative estimate of drug-likeness (QED) is 0.115. The first-order chi connectivity index (χ1) is 28.6. The first-order valence-corrected chi connectivity index (χ1v) is 20.8. The summed E-state index contributed by atoms with van der Waals surface area (Å²) in [6.45, 7) is 10.1. The van der Waals surface area contributed by atoms with Crippen molar-refractivity contribution < 1.29 is 18.9 Å². The summed E-state index contributed by atoms with van der Waals surface area (Å²) in [5.74, 6) is 0.314. The van der Waals surface area contributed by atoms with E-state index in [4.69, 9.17) is 9.51 Å². The van der Waals surface area contributed by atoms with Gasteiger partial charge in [-0.25, -0.2) is 9.97 Å². The summed E-state index contributed by atoms with van der Waals surface area (Å²) in [6.07, 6.45) is 6.82. The third-order valence-electron chi connectivity index (χ3n) is 13.2. The summed E-state index contributed by atoms with van der Waals surface area (Å²) in [5, 5.41) is 14.8. The Morgan fingerprint density at radius 2 is 1.78 bits per heavy atom. The van der Waals surface area contributed by atoms with Gasteiger partial charge in [0.05, 0.1) is 17.1 Å². The molecule has 2 saturated heterocycles. The Morgan fingerprint density at radius 1 is 0.983 bits per heavy atom. The van der Waals surface area contributed by atoms with Crippen LogP contribution in [0.3, 0.4) is 0 Å². The molecular formula is C45H48N10O4. The summed E-state index contributed by atoms with van der Waals surface area (Å²) in [6, 6.07) is 21.3. The van der Waals surface area contributed by atoms with Crippen LogP contribution in [0.1, 0.15) is 97.5 Å². The monoisotopic (exact) mass is 792 g/mol. The molecule has 0 bridgehead atoms. The van der Waals surface area contributed by atoms with Gasteiger partial charge in [-0.15, -0.1) is 0 Å². The number of hydrogen-bond donors (Lipinski definition) is 4. The van der Waals surface area contributed by atoms with Crippen molar-refractivity contribution in [2.24, 2.45) is 0 Å². The molecule has 302 valence electrons. The van der Waals surface area contributed by atoms with Crippen molar-refractivity contribution in [2.75, 3.05) is 36.4 Å². The fraction of sp³-hybridized carbons (Fsp3) is 0.400. The number of benzene rings is 3. The molecule has 4 aliphatic rings. The molecule has 6 aromatic rings. The van der Waals surface area contributed by atoms with Crippen molar-refractivity contribution in [2.45, 2.75) is 88.8 Å². The van der Waals surface area contributed by atoms with Crippen LogP contribution in [0, 0.1) is 6.92 Å². The molecule has 3 aromatic carbocycles. The van der Waals surface area contributed by atoms with Gasteiger partial charge in [0.2, 0.25) is 11.8 Å². The standard InChI is InChI=1S/C45H48N10O4/c1-25-20-28(6-10-33(25)26(2)48-42(58)43-52-44(53-59-43)45(3)14-15-45)39-38-34-11-9-31(23-36(34)50-40(38)47-24-46-39)54-16-18-55(19-17-54)32-21-29(22-32)27-4-7-30(8-5-27)49-35-12-13-37(56)51-41(35)57/h4-11,20,23-24,26,29,32,35,49H,12-19,21-22H2,1-3H3,(H,48,58)(H,46,47,50)(H,51,56,57)/t26-,29-,32+,35?/m1/s1. The highest BCUT2D eigenvalue weighted by Crippen LogP contribution is 2.46. The highest BCUT2D eigenvalue weighted by Gasteiger charge is 2.44. The number of amides is 3. The minimum absolute atomic E-state index is 0.00506. The molecule has 0 spiro atoms. The Kier molecular flexibility index (Phi) is 9.19. The van der Waals surface area contributed by atoms with E-state index >= 15 is 0 Å². The molecule has 14 heteroatoms. The molecule has 3 aromatic heterocycles. The number of anilines is 2. The number of nitrogens with zero attached hydrogens (tertiary/aromatic N) is 6. The van der Waals surface area contributed by atoms with E-state index in [9.17, 15) is 14.4 Å². The normalized spacial score (nSPS) is 22.2. The number of aryl methyl sites for hydroxylation is 1. The minimum atomic E-state index is -0.378. The molecule has 2 saturated carbocycles. The lowest BCUT2D eigenvalue weighted by Gasteiger charge is -2.47. The van der Waals surface area contributed by atoms with Gasteiger partial charge in [0.25, 0.3) is 0 Å². The molecule has 1 unspecified atom stereocenters. The number of aromatic nitrogens is 5. The lowest BCUT2D eigenvalue weighted by atomic mass is 9.75. The van der Waals surface area contributed by atoms with Crippen molar-refractivity contribution >= 4 is 51.0 Å². The van der Waals surface area contributed by atoms with E-state index in [2.05, 4.69) is 114 Å². The van der Waals surface area contributed by atoms with Crippen LogP contribution >= 0.6 is 0 Å². The predicted molar refractivity (Wildman–Crippen MR) is 224 cm³/mol. The van der Waals surface area contributed by atoms with E-state index in [0.29, 0.717) is 30.6 Å². The molecule has 14 nitrogen and oxygen atoms in total. The van der Waals surface area contributed by atoms with Gasteiger partial charge in [-0.3, -0.25) is 24.6 Å². The van der Waals surface area contributed by atoms with Gasteiger partial charge in [-0.2, -0.15) is 4.98 Å². The molecule has 2 aliphatic carbocycles. The second kappa shape index (κ2) is 14.6. The predicted octanol–water partition coefficient (Wildman–Crippen LogP) is 6.30. The summed E-state index contributed by atoms with van der Waals surface area (Å²) < 4.78 is 5.29. The highest BCUT2D eigenvalue weighted by molar-refractivity contribution is 6.12. The summed E-state index contributed by atoms with van der Waals surface area (Å²) in [4.78, 5) is 59.0. The maximum atomic E-state index is 13.0. The van der Waals surface area contributed by atoms with Crippen LogP contribution in [0.15, 0.2) is 71.5 Å². The number of carbonyl (C=O) groups excluding carboxylic acids is 3. The zero-order chi connectivity index (χ0) is 40.4. The molecule has 10 rings (SSSR count). The zero-order valence-electron chi connectivity index (χ0n) is 33.5. The molecule has 4 N–H and O–H groups in total. The first kappa shape index (κ1) is 37.1. The lowest BCUT2D eigenvalue weighted by molar-refractivity contribution is -0.133. The van der Waals surface area contributed by atoms with Crippen LogP contribution < -0.4 is 20.9 Å². The molecule has 3 amide bonds. The van der Waals surface area contributed by atoms with Gasteiger partial charge in [-0.1, -0.05) is 42.4 Å². The van der Waals surface area contributed by atoms with Crippen LogP contribution in [-0.2, 0) is 15.0 Å². The number of H-pyrrole nitrogens is 1. The SMILES string of the molecule is Cc1cc(-c2ncnc3[nH]c4cc(N5CCN([C@H]6C[C@@H](c7ccc(NC8CCC(=O)NC8=O)cc7)C6)CC5)ccc4c23)ccc1[C@@H](C)NC(=O)c1nc(C2(C)CC2)no1. The van der Waals surface area contributed by atoms with Gasteiger partial charge in [0.1, 0.15) is 18.0 Å². The summed E-state index contributed by atoms with van der Waals surface area (Å²) in [5.41, 5.74) is 9.08. The number of imide groups is 1. The van der Waals surface area contributed by atoms with Gasteiger partial charge in [0, 0.05) is 71.9 Å². The number of piperazine rings is 1. The first-order valence-electron chi connectivity index (χ1n) is 20.8. The topological polar surface area (TPSA) is 174 Å². The maximum absolute atomic E-state index is 13.0. The number of carbonyl (C=O) groups is 3. The largest absolute Gasteiger partial charge is 0.374 e. The van der Waals surface area contributed by atoms with Crippen LogP contribution in [0.25, 0.3) is 33.2 Å². The third kappa shape index (κ3) is 7.09. The molecule has 4 fully saturated rings. The second-order valence-corrected chi connectivity index (χ2v) is 17.2. The van der Waals surface area contributed by atoms with Gasteiger partial charge in [0.15, 0.2) is 5.82 Å². The smallest absolute Gasteiger partial charge is 0.315 e. The molecule has 2 atom stereocenters. The number of fused-ring (bicyclic) bond motifs is 3. The minimum Gasteiger partial charge on any atom is -0.374 e. The van der Waals surface area contributed by atoms with Crippen LogP contribution in [0.2, 0.25) is 0 Å². The van der Waals surface area contributed by atoms with Gasteiger partial charge < -0.3 is 25.0 Å². The van der Waals surface area contributed by atoms with Crippen molar-refractivity contribution in [1.82, 2.24) is 40.6 Å². The molecule has 59 heavy (non-hydrogen) atoms. The summed E-state index contributed by atoms with van der Waals surface area (Å²) in [7, 11) is 0. The Morgan fingerprint density at radius 3 is 2.53 bits per heavy atom. The number of piperidine rings is 1. The van der Waals surface area contributed by atoms with E-state index in [1.165, 1.54) is 11.3 Å². The Balaban J connectivity index is 0.761. The molecule has 2 aliphatic heterocycles. The van der Waals surface area contributed by atoms with E-state index in [1.807, 2.05) is 13.0 Å². The highest BCUT2D eigenvalue weighted by atomic mass is 16.5. The van der Waals surface area contributed by atoms with Crippen LogP contribution in [0.5, 0.6) is 0 Å². The Hall–Kier alpha value is -6.15. The number of nitrogens with one attached hydrogen (secondary N) is 4. The zero-order valence-corrected chi connectivity index (χ0v) is 33.5. The average molecular weight is 793 g/mol. The number of hydrogen-bond acceptors (Lipinski definition) is 11. The van der Waals surface area contributed by atoms with Gasteiger partial charge >= 0.3 is 11.8 Å². The van der Waals surface area contributed by atoms with Gasteiger partial charge in [-0.05, 0) is 98.9 Å². The maximum Gasteiger partial charge on any atom is 0.315 e. The average Bonchev–Trinajstić information content (AvgIpc) is 3.59. The fourth-order valence-electron chi connectivity index (χ4n) is 9.14. The van der Waals surface area contributed by atoms with Crippen molar-refractivity contribution in [3.05, 3.63) is 95.4 Å². The molecular weight excluding hydrogens is 745 g/mol. The molecule has 0 radical (unpaired) electrons. The molecule has 5 heterocycles. The van der Waals surface area contributed by atoms with Crippen LogP contribution in [0.4, 0.5) is 11.4 Å². The van der Waals surface area contributed by atoms with E-state index in [0.717, 1.165) is 102 Å². The van der Waals surface area contributed by atoms with E-state index < -0.39 is 0 Å². The summed E-state index contributed by atoms with van der Waals surface area (Å²) >= 11 is 0. The Bertz CT molecular complexity index is 2600. The van der Waals surface area contributed by atoms with E-state index in [1.54, 1.807) is 6.33 Å². The number of aromatic amines is 1. The van der Waals surface area contributed by atoms with Crippen LogP contribution in [-0.4, -0.2) is 86.0 Å².